The summed E-state index contributed by atoms with van der Waals surface area (Å²) in [7, 11) is 0. The number of nitrogens with two attached hydrogens (primary N) is 1. The molecule has 5 nitrogen and oxygen atoms in total. The van der Waals surface area contributed by atoms with Gasteiger partial charge in [-0.2, -0.15) is 5.26 Å². The monoisotopic (exact) mass is 234 g/mol. The van der Waals surface area contributed by atoms with E-state index in [0.29, 0.717) is 23.5 Å². The van der Waals surface area contributed by atoms with Gasteiger partial charge in [0.25, 0.3) is 0 Å². The van der Waals surface area contributed by atoms with E-state index in [1.807, 2.05) is 6.92 Å². The fourth-order valence-electron chi connectivity index (χ4n) is 1.51. The molecule has 0 aliphatic rings. The number of pyridine rings is 1. The molecule has 2 unspecified atom stereocenters. The molecule has 1 rings (SSSR count). The highest BCUT2D eigenvalue weighted by atomic mass is 16.3. The summed E-state index contributed by atoms with van der Waals surface area (Å²) >= 11 is 0. The number of aliphatic hydroxyl groups excluding tert-OH is 1. The van der Waals surface area contributed by atoms with Crippen LogP contribution in [0.2, 0.25) is 0 Å². The Hall–Kier alpha value is -1.64. The van der Waals surface area contributed by atoms with Crippen molar-refractivity contribution in [1.82, 2.24) is 4.98 Å². The zero-order valence-corrected chi connectivity index (χ0v) is 10.4. The van der Waals surface area contributed by atoms with Crippen molar-refractivity contribution in [2.45, 2.75) is 32.9 Å². The SMILES string of the molecule is Cc1cc(NCC(N)C(C)O)c(C#N)c(C)n1. The summed E-state index contributed by atoms with van der Waals surface area (Å²) < 4.78 is 0. The van der Waals surface area contributed by atoms with Gasteiger partial charge in [-0.25, -0.2) is 0 Å². The minimum absolute atomic E-state index is 0.365. The lowest BCUT2D eigenvalue weighted by molar-refractivity contribution is 0.168. The number of hydrogen-bond acceptors (Lipinski definition) is 5. The molecule has 0 amide bonds. The van der Waals surface area contributed by atoms with Crippen LogP contribution in [-0.4, -0.2) is 28.8 Å². The van der Waals surface area contributed by atoms with Gasteiger partial charge in [0.2, 0.25) is 0 Å². The molecule has 0 aliphatic heterocycles. The van der Waals surface area contributed by atoms with Crippen LogP contribution >= 0.6 is 0 Å². The van der Waals surface area contributed by atoms with E-state index >= 15 is 0 Å². The largest absolute Gasteiger partial charge is 0.392 e. The zero-order chi connectivity index (χ0) is 13.0. The molecular formula is C12H18N4O. The van der Waals surface area contributed by atoms with Crippen molar-refractivity contribution in [3.05, 3.63) is 23.0 Å². The van der Waals surface area contributed by atoms with Crippen LogP contribution in [-0.2, 0) is 0 Å². The second kappa shape index (κ2) is 5.62. The molecule has 0 saturated heterocycles. The van der Waals surface area contributed by atoms with E-state index in [1.165, 1.54) is 0 Å². The minimum Gasteiger partial charge on any atom is -0.392 e. The second-order valence-corrected chi connectivity index (χ2v) is 4.17. The predicted molar refractivity (Wildman–Crippen MR) is 66.6 cm³/mol. The van der Waals surface area contributed by atoms with Gasteiger partial charge >= 0.3 is 0 Å². The van der Waals surface area contributed by atoms with E-state index in [0.717, 1.165) is 5.69 Å². The Balaban J connectivity index is 2.88. The molecule has 17 heavy (non-hydrogen) atoms. The Morgan fingerprint density at radius 3 is 2.76 bits per heavy atom. The Kier molecular flexibility index (Phi) is 4.44. The van der Waals surface area contributed by atoms with Gasteiger partial charge in [-0.3, -0.25) is 4.98 Å². The Bertz CT molecular complexity index is 437. The van der Waals surface area contributed by atoms with Gasteiger partial charge in [-0.1, -0.05) is 0 Å². The molecule has 1 aromatic heterocycles. The lowest BCUT2D eigenvalue weighted by Gasteiger charge is -2.17. The number of aryl methyl sites for hydroxylation is 2. The van der Waals surface area contributed by atoms with Crippen molar-refractivity contribution >= 4 is 5.69 Å². The van der Waals surface area contributed by atoms with Crippen molar-refractivity contribution < 1.29 is 5.11 Å². The van der Waals surface area contributed by atoms with Gasteiger partial charge in [0, 0.05) is 18.3 Å². The third-order valence-electron chi connectivity index (χ3n) is 2.59. The van der Waals surface area contributed by atoms with E-state index in [9.17, 15) is 5.11 Å². The molecule has 0 aromatic carbocycles. The number of aliphatic hydroxyl groups is 1. The van der Waals surface area contributed by atoms with Crippen molar-refractivity contribution in [2.24, 2.45) is 5.73 Å². The summed E-state index contributed by atoms with van der Waals surface area (Å²) in [5.41, 5.74) is 8.50. The summed E-state index contributed by atoms with van der Waals surface area (Å²) in [6.07, 6.45) is -0.586. The standard InChI is InChI=1S/C12H18N4O/c1-7-4-12(10(5-13)8(2)16-7)15-6-11(14)9(3)17/h4,9,11,17H,6,14H2,1-3H3,(H,15,16). The number of anilines is 1. The molecule has 4 N–H and O–H groups in total. The zero-order valence-electron chi connectivity index (χ0n) is 10.4. The molecule has 0 saturated carbocycles. The quantitative estimate of drug-likeness (QED) is 0.712. The molecular weight excluding hydrogens is 216 g/mol. The van der Waals surface area contributed by atoms with E-state index in [4.69, 9.17) is 11.0 Å². The van der Waals surface area contributed by atoms with Crippen LogP contribution in [0.1, 0.15) is 23.9 Å². The van der Waals surface area contributed by atoms with Crippen molar-refractivity contribution in [1.29, 1.82) is 5.26 Å². The summed E-state index contributed by atoms with van der Waals surface area (Å²) in [5.74, 6) is 0. The molecule has 1 heterocycles. The second-order valence-electron chi connectivity index (χ2n) is 4.17. The number of rotatable bonds is 4. The van der Waals surface area contributed by atoms with Crippen LogP contribution in [0.15, 0.2) is 6.07 Å². The summed E-state index contributed by atoms with van der Waals surface area (Å²) in [6, 6.07) is 3.56. The lowest BCUT2D eigenvalue weighted by Crippen LogP contribution is -2.38. The molecule has 0 spiro atoms. The summed E-state index contributed by atoms with van der Waals surface area (Å²) in [4.78, 5) is 4.22. The summed E-state index contributed by atoms with van der Waals surface area (Å²) in [5, 5.41) is 21.4. The van der Waals surface area contributed by atoms with E-state index < -0.39 is 6.10 Å². The first-order valence-corrected chi connectivity index (χ1v) is 5.51. The average molecular weight is 234 g/mol. The predicted octanol–water partition coefficient (Wildman–Crippen LogP) is 0.690. The number of nitrogens with zero attached hydrogens (tertiary/aromatic N) is 2. The van der Waals surface area contributed by atoms with Crippen molar-refractivity contribution in [3.8, 4) is 6.07 Å². The molecule has 2 atom stereocenters. The van der Waals surface area contributed by atoms with Crippen LogP contribution in [0, 0.1) is 25.2 Å². The Morgan fingerprint density at radius 1 is 1.59 bits per heavy atom. The van der Waals surface area contributed by atoms with Crippen LogP contribution in [0.25, 0.3) is 0 Å². The maximum absolute atomic E-state index is 9.29. The van der Waals surface area contributed by atoms with Crippen LogP contribution < -0.4 is 11.1 Å². The number of hydrogen-bond donors (Lipinski definition) is 3. The summed E-state index contributed by atoms with van der Waals surface area (Å²) in [6.45, 7) is 5.72. The average Bonchev–Trinajstić information content (AvgIpc) is 2.24. The van der Waals surface area contributed by atoms with E-state index in [2.05, 4.69) is 16.4 Å². The first-order valence-electron chi connectivity index (χ1n) is 5.51. The molecule has 92 valence electrons. The van der Waals surface area contributed by atoms with Crippen molar-refractivity contribution in [2.75, 3.05) is 11.9 Å². The van der Waals surface area contributed by atoms with Gasteiger partial charge < -0.3 is 16.2 Å². The molecule has 5 heteroatoms. The smallest absolute Gasteiger partial charge is 0.103 e. The van der Waals surface area contributed by atoms with E-state index in [1.54, 1.807) is 19.9 Å². The highest BCUT2D eigenvalue weighted by Crippen LogP contribution is 2.18. The van der Waals surface area contributed by atoms with Gasteiger partial charge in [-0.15, -0.1) is 0 Å². The Labute approximate surface area is 101 Å². The van der Waals surface area contributed by atoms with Crippen LogP contribution in [0.3, 0.4) is 0 Å². The molecule has 0 radical (unpaired) electrons. The number of nitriles is 1. The normalized spacial score (nSPS) is 13.9. The Morgan fingerprint density at radius 2 is 2.24 bits per heavy atom. The van der Waals surface area contributed by atoms with Gasteiger partial charge in [0.15, 0.2) is 0 Å². The van der Waals surface area contributed by atoms with Gasteiger partial charge in [-0.05, 0) is 26.8 Å². The topological polar surface area (TPSA) is 95.0 Å². The van der Waals surface area contributed by atoms with Gasteiger partial charge in [0.1, 0.15) is 6.07 Å². The maximum Gasteiger partial charge on any atom is 0.103 e. The minimum atomic E-state index is -0.586. The molecule has 0 bridgehead atoms. The number of nitrogens with one attached hydrogen (secondary N) is 1. The van der Waals surface area contributed by atoms with Crippen LogP contribution in [0.5, 0.6) is 0 Å². The van der Waals surface area contributed by atoms with E-state index in [-0.39, 0.29) is 6.04 Å². The lowest BCUT2D eigenvalue weighted by atomic mass is 10.1. The first kappa shape index (κ1) is 13.4. The van der Waals surface area contributed by atoms with Crippen molar-refractivity contribution in [3.63, 3.8) is 0 Å². The first-order chi connectivity index (χ1) is 7.95. The maximum atomic E-state index is 9.29. The molecule has 0 aliphatic carbocycles. The molecule has 1 aromatic rings. The fourth-order valence-corrected chi connectivity index (χ4v) is 1.51. The fraction of sp³-hybridized carbons (Fsp3) is 0.500. The van der Waals surface area contributed by atoms with Crippen LogP contribution in [0.4, 0.5) is 5.69 Å². The molecule has 0 fully saturated rings. The third-order valence-corrected chi connectivity index (χ3v) is 2.59. The highest BCUT2D eigenvalue weighted by molar-refractivity contribution is 5.59. The van der Waals surface area contributed by atoms with Gasteiger partial charge in [0.05, 0.1) is 23.0 Å². The number of aromatic nitrogens is 1. The highest BCUT2D eigenvalue weighted by Gasteiger charge is 2.12. The third kappa shape index (κ3) is 3.41.